The number of pyridine rings is 2. The summed E-state index contributed by atoms with van der Waals surface area (Å²) in [4.78, 5) is 22.0. The zero-order valence-corrected chi connectivity index (χ0v) is 30.2. The minimum absolute atomic E-state index is 0.0170. The summed E-state index contributed by atoms with van der Waals surface area (Å²) in [6.45, 7) is 21.1. The summed E-state index contributed by atoms with van der Waals surface area (Å²) in [5, 5.41) is 0. The lowest BCUT2D eigenvalue weighted by atomic mass is 9.73. The molecule has 4 nitrogen and oxygen atoms in total. The third-order valence-corrected chi connectivity index (χ3v) is 16.4. The van der Waals surface area contributed by atoms with Crippen molar-refractivity contribution in [1.29, 1.82) is 0 Å². The fourth-order valence-electron chi connectivity index (χ4n) is 8.22. The summed E-state index contributed by atoms with van der Waals surface area (Å²) in [5.41, 5.74) is 0.884. The third-order valence-electron chi connectivity index (χ3n) is 10.2. The Balaban J connectivity index is 1.66. The number of rotatable bonds is 11. The summed E-state index contributed by atoms with van der Waals surface area (Å²) >= 11 is 0. The maximum absolute atomic E-state index is 15.8. The van der Waals surface area contributed by atoms with Crippen molar-refractivity contribution in [2.45, 2.75) is 123 Å². The SMILES string of the molecule is CC(C)[Si](OC(C)(C)c1cc(F)c(-c2nc(C(=O)Cc3cnccc3C3C[C@@H](C)C[C@@H](C)C3)ccc2F)c(F)c1)(C(C)C)C(C)C. The first-order valence-electron chi connectivity index (χ1n) is 16.8. The van der Waals surface area contributed by atoms with Gasteiger partial charge in [-0.25, -0.2) is 18.2 Å². The van der Waals surface area contributed by atoms with Gasteiger partial charge in [0.2, 0.25) is 8.32 Å². The average molecular weight is 653 g/mol. The number of nitrogens with zero attached hydrogens (tertiary/aromatic N) is 2. The number of hydrogen-bond acceptors (Lipinski definition) is 4. The first-order chi connectivity index (χ1) is 21.5. The van der Waals surface area contributed by atoms with Gasteiger partial charge in [-0.3, -0.25) is 9.78 Å². The number of hydrogen-bond donors (Lipinski definition) is 0. The number of benzene rings is 1. The Morgan fingerprint density at radius 1 is 0.891 bits per heavy atom. The number of carbonyl (C=O) groups is 1. The van der Waals surface area contributed by atoms with E-state index in [-0.39, 0.29) is 34.5 Å². The van der Waals surface area contributed by atoms with Gasteiger partial charge in [0, 0.05) is 18.8 Å². The van der Waals surface area contributed by atoms with Crippen LogP contribution >= 0.6 is 0 Å². The van der Waals surface area contributed by atoms with Crippen molar-refractivity contribution in [3.63, 3.8) is 0 Å². The molecule has 1 aromatic carbocycles. The molecule has 0 aliphatic heterocycles. The van der Waals surface area contributed by atoms with Crippen molar-refractivity contribution in [2.75, 3.05) is 0 Å². The van der Waals surface area contributed by atoms with Crippen molar-refractivity contribution >= 4 is 14.1 Å². The van der Waals surface area contributed by atoms with Crippen LogP contribution < -0.4 is 0 Å². The number of aromatic nitrogens is 2. The van der Waals surface area contributed by atoms with Crippen LogP contribution in [0.1, 0.15) is 122 Å². The minimum atomic E-state index is -2.40. The van der Waals surface area contributed by atoms with E-state index in [2.05, 4.69) is 65.4 Å². The summed E-state index contributed by atoms with van der Waals surface area (Å²) in [6.07, 6.45) is 6.75. The van der Waals surface area contributed by atoms with E-state index in [1.54, 1.807) is 12.4 Å². The Morgan fingerprint density at radius 2 is 1.46 bits per heavy atom. The maximum Gasteiger partial charge on any atom is 0.201 e. The van der Waals surface area contributed by atoms with Crippen LogP contribution in [0.3, 0.4) is 0 Å². The predicted octanol–water partition coefficient (Wildman–Crippen LogP) is 11.0. The largest absolute Gasteiger partial charge is 0.407 e. The molecule has 0 saturated heterocycles. The van der Waals surface area contributed by atoms with Gasteiger partial charge in [0.25, 0.3) is 0 Å². The van der Waals surface area contributed by atoms with Gasteiger partial charge < -0.3 is 4.43 Å². The highest BCUT2D eigenvalue weighted by Crippen LogP contribution is 2.47. The fourth-order valence-corrected chi connectivity index (χ4v) is 13.9. The summed E-state index contributed by atoms with van der Waals surface area (Å²) in [7, 11) is -2.40. The van der Waals surface area contributed by atoms with Gasteiger partial charge in [0.05, 0.1) is 11.2 Å². The monoisotopic (exact) mass is 652 g/mol. The highest BCUT2D eigenvalue weighted by atomic mass is 28.4. The Hall–Kier alpha value is -2.84. The Kier molecular flexibility index (Phi) is 11.0. The molecule has 0 radical (unpaired) electrons. The highest BCUT2D eigenvalue weighted by Gasteiger charge is 2.49. The van der Waals surface area contributed by atoms with Crippen molar-refractivity contribution in [3.05, 3.63) is 82.6 Å². The molecule has 0 N–H and O–H groups in total. The predicted molar refractivity (Wildman–Crippen MR) is 182 cm³/mol. The summed E-state index contributed by atoms with van der Waals surface area (Å²) in [6, 6.07) is 6.73. The van der Waals surface area contributed by atoms with Crippen LogP contribution in [0.4, 0.5) is 13.2 Å². The molecule has 1 aliphatic carbocycles. The molecule has 1 aliphatic rings. The molecule has 2 heterocycles. The molecule has 8 heteroatoms. The molecule has 1 fully saturated rings. The first kappa shape index (κ1) is 36.0. The molecule has 1 saturated carbocycles. The van der Waals surface area contributed by atoms with Gasteiger partial charge in [0.15, 0.2) is 5.78 Å². The van der Waals surface area contributed by atoms with Gasteiger partial charge in [-0.2, -0.15) is 0 Å². The van der Waals surface area contributed by atoms with E-state index in [0.717, 1.165) is 30.0 Å². The van der Waals surface area contributed by atoms with Crippen molar-refractivity contribution in [2.24, 2.45) is 11.8 Å². The molecule has 2 aromatic heterocycles. The summed E-state index contributed by atoms with van der Waals surface area (Å²) in [5.74, 6) is -1.68. The molecular formula is C38H51F3N2O2Si. The lowest BCUT2D eigenvalue weighted by molar-refractivity contribution is 0.0837. The molecule has 3 atom stereocenters. The van der Waals surface area contributed by atoms with E-state index >= 15 is 13.2 Å². The van der Waals surface area contributed by atoms with Crippen LogP contribution in [0.2, 0.25) is 16.6 Å². The van der Waals surface area contributed by atoms with E-state index in [1.807, 2.05) is 19.9 Å². The van der Waals surface area contributed by atoms with Crippen molar-refractivity contribution < 1.29 is 22.4 Å². The number of halogens is 3. The second-order valence-electron chi connectivity index (χ2n) is 15.1. The molecule has 0 bridgehead atoms. The lowest BCUT2D eigenvalue weighted by Crippen LogP contribution is -2.52. The molecule has 1 unspecified atom stereocenters. The molecule has 0 amide bonds. The normalized spacial score (nSPS) is 19.3. The molecule has 46 heavy (non-hydrogen) atoms. The summed E-state index contributed by atoms with van der Waals surface area (Å²) < 4.78 is 53.8. The van der Waals surface area contributed by atoms with Crippen molar-refractivity contribution in [3.8, 4) is 11.3 Å². The molecular weight excluding hydrogens is 602 g/mol. The van der Waals surface area contributed by atoms with Crippen molar-refractivity contribution in [1.82, 2.24) is 9.97 Å². The fraction of sp³-hybridized carbons (Fsp3) is 0.553. The maximum atomic E-state index is 15.8. The average Bonchev–Trinajstić information content (AvgIpc) is 2.95. The minimum Gasteiger partial charge on any atom is -0.407 e. The Labute approximate surface area is 274 Å². The van der Waals surface area contributed by atoms with Gasteiger partial charge in [-0.15, -0.1) is 0 Å². The van der Waals surface area contributed by atoms with Crippen LogP contribution in [-0.4, -0.2) is 24.1 Å². The van der Waals surface area contributed by atoms with E-state index < -0.39 is 42.6 Å². The van der Waals surface area contributed by atoms with E-state index in [1.165, 1.54) is 24.6 Å². The van der Waals surface area contributed by atoms with Crippen LogP contribution in [0, 0.1) is 29.3 Å². The van der Waals surface area contributed by atoms with Crippen LogP contribution in [0.25, 0.3) is 11.3 Å². The van der Waals surface area contributed by atoms with E-state index in [9.17, 15) is 4.79 Å². The highest BCUT2D eigenvalue weighted by molar-refractivity contribution is 6.77. The van der Waals surface area contributed by atoms with Gasteiger partial charge in [-0.05, 0) is 115 Å². The number of carbonyl (C=O) groups excluding carboxylic acids is 1. The van der Waals surface area contributed by atoms with Gasteiger partial charge >= 0.3 is 0 Å². The zero-order chi connectivity index (χ0) is 34.1. The molecule has 3 aromatic rings. The molecule has 4 rings (SSSR count). The third kappa shape index (κ3) is 7.33. The Bertz CT molecular complexity index is 1500. The van der Waals surface area contributed by atoms with Gasteiger partial charge in [-0.1, -0.05) is 55.4 Å². The number of Topliss-reactive ketones (excluding diaryl/α,β-unsaturated/α-hetero) is 1. The first-order valence-corrected chi connectivity index (χ1v) is 18.9. The van der Waals surface area contributed by atoms with Gasteiger partial charge in [0.1, 0.15) is 28.8 Å². The second kappa shape index (κ2) is 14.1. The molecule has 250 valence electrons. The van der Waals surface area contributed by atoms with Crippen LogP contribution in [0.15, 0.2) is 42.7 Å². The standard InChI is InChI=1S/C38H51F3N2O2Si/c1-22(2)46(23(3)4,24(5)6)45-38(9,10)29-19-32(40)36(33(41)20-29)37-31(39)11-12-34(43-37)35(44)18-28-21-42-14-13-30(28)27-16-25(7)15-26(8)17-27/h11-14,19-27H,15-18H2,1-10H3/t25-,26+,27?. The quantitative estimate of drug-likeness (QED) is 0.153. The number of ketones is 1. The van der Waals surface area contributed by atoms with E-state index in [4.69, 9.17) is 4.43 Å². The molecule has 0 spiro atoms. The smallest absolute Gasteiger partial charge is 0.201 e. The lowest BCUT2D eigenvalue weighted by Gasteiger charge is -2.47. The zero-order valence-electron chi connectivity index (χ0n) is 29.2. The topological polar surface area (TPSA) is 52.1 Å². The second-order valence-corrected chi connectivity index (χ2v) is 20.4. The Morgan fingerprint density at radius 3 is 2.00 bits per heavy atom. The van der Waals surface area contributed by atoms with Crippen LogP contribution in [-0.2, 0) is 16.4 Å². The van der Waals surface area contributed by atoms with E-state index in [0.29, 0.717) is 23.3 Å². The van der Waals surface area contributed by atoms with Crippen LogP contribution in [0.5, 0.6) is 0 Å².